The van der Waals surface area contributed by atoms with Crippen LogP contribution in [0.5, 0.6) is 0 Å². The lowest BCUT2D eigenvalue weighted by molar-refractivity contribution is 0.0697. The monoisotopic (exact) mass is 286 g/mol. The fourth-order valence-corrected chi connectivity index (χ4v) is 2.47. The maximum Gasteiger partial charge on any atom is 0.335 e. The van der Waals surface area contributed by atoms with E-state index in [9.17, 15) is 4.79 Å². The molecule has 3 rings (SSSR count). The van der Waals surface area contributed by atoms with Crippen LogP contribution in [0.25, 0.3) is 16.7 Å². The molecule has 0 aliphatic carbocycles. The van der Waals surface area contributed by atoms with Crippen molar-refractivity contribution in [2.45, 2.75) is 6.92 Å². The van der Waals surface area contributed by atoms with E-state index in [1.165, 1.54) is 0 Å². The van der Waals surface area contributed by atoms with Crippen molar-refractivity contribution in [2.24, 2.45) is 0 Å². The minimum atomic E-state index is -0.963. The molecule has 0 unspecified atom stereocenters. The number of aromatic carboxylic acids is 1. The van der Waals surface area contributed by atoms with Crippen molar-refractivity contribution in [1.29, 1.82) is 0 Å². The zero-order valence-electron chi connectivity index (χ0n) is 10.7. The Balaban J connectivity index is 2.25. The second-order valence-corrected chi connectivity index (χ2v) is 4.99. The number of rotatable bonds is 2. The first-order chi connectivity index (χ1) is 9.56. The predicted molar refractivity (Wildman–Crippen MR) is 77.8 cm³/mol. The first-order valence-electron chi connectivity index (χ1n) is 6.03. The molecule has 1 heterocycles. The first kappa shape index (κ1) is 12.7. The van der Waals surface area contributed by atoms with Gasteiger partial charge in [-0.3, -0.25) is 4.57 Å². The number of aryl methyl sites for hydroxylation is 1. The van der Waals surface area contributed by atoms with Gasteiger partial charge in [-0.25, -0.2) is 9.78 Å². The van der Waals surface area contributed by atoms with Gasteiger partial charge >= 0.3 is 5.97 Å². The minimum Gasteiger partial charge on any atom is -0.478 e. The number of nitrogens with zero attached hydrogens (tertiary/aromatic N) is 2. The van der Waals surface area contributed by atoms with Crippen LogP contribution in [-0.2, 0) is 0 Å². The molecule has 0 atom stereocenters. The third-order valence-electron chi connectivity index (χ3n) is 3.16. The highest BCUT2D eigenvalue weighted by molar-refractivity contribution is 6.32. The summed E-state index contributed by atoms with van der Waals surface area (Å²) in [6.07, 6.45) is 1.65. The van der Waals surface area contributed by atoms with E-state index in [1.54, 1.807) is 29.1 Å². The Bertz CT molecular complexity index is 824. The van der Waals surface area contributed by atoms with Gasteiger partial charge < -0.3 is 5.11 Å². The van der Waals surface area contributed by atoms with E-state index in [0.29, 0.717) is 5.02 Å². The van der Waals surface area contributed by atoms with Gasteiger partial charge in [0.05, 0.1) is 27.3 Å². The van der Waals surface area contributed by atoms with Crippen molar-refractivity contribution in [3.63, 3.8) is 0 Å². The van der Waals surface area contributed by atoms with Gasteiger partial charge in [0.2, 0.25) is 0 Å². The molecule has 5 heteroatoms. The number of imidazole rings is 1. The number of halogens is 1. The number of carboxylic acid groups (broad SMARTS) is 1. The highest BCUT2D eigenvalue weighted by Gasteiger charge is 2.11. The maximum absolute atomic E-state index is 11.1. The summed E-state index contributed by atoms with van der Waals surface area (Å²) in [5.74, 6) is -0.963. The third kappa shape index (κ3) is 2.04. The Labute approximate surface area is 120 Å². The van der Waals surface area contributed by atoms with E-state index >= 15 is 0 Å². The Hall–Kier alpha value is -2.33. The van der Waals surface area contributed by atoms with Gasteiger partial charge in [-0.05, 0) is 42.8 Å². The summed E-state index contributed by atoms with van der Waals surface area (Å²) in [4.78, 5) is 15.3. The van der Waals surface area contributed by atoms with E-state index in [4.69, 9.17) is 16.7 Å². The van der Waals surface area contributed by atoms with Crippen molar-refractivity contribution in [3.05, 3.63) is 58.9 Å². The lowest BCUT2D eigenvalue weighted by Crippen LogP contribution is -1.98. The van der Waals surface area contributed by atoms with E-state index in [1.807, 2.05) is 25.1 Å². The number of fused-ring (bicyclic) bond motifs is 1. The summed E-state index contributed by atoms with van der Waals surface area (Å²) >= 11 is 6.26. The lowest BCUT2D eigenvalue weighted by Gasteiger charge is -2.08. The molecule has 0 aliphatic rings. The molecular formula is C15H11ClN2O2. The lowest BCUT2D eigenvalue weighted by atomic mass is 10.2. The molecule has 0 saturated heterocycles. The molecule has 2 aromatic carbocycles. The van der Waals surface area contributed by atoms with Crippen LogP contribution in [0.15, 0.2) is 42.7 Å². The number of hydrogen-bond acceptors (Lipinski definition) is 2. The summed E-state index contributed by atoms with van der Waals surface area (Å²) < 4.78 is 1.80. The SMILES string of the molecule is Cc1ccc(-n2cnc3ccc(C(=O)O)cc32)c(Cl)c1. The molecule has 0 fully saturated rings. The molecule has 3 aromatic rings. The first-order valence-corrected chi connectivity index (χ1v) is 6.41. The van der Waals surface area contributed by atoms with Gasteiger partial charge in [-0.2, -0.15) is 0 Å². The molecule has 1 N–H and O–H groups in total. The summed E-state index contributed by atoms with van der Waals surface area (Å²) in [6.45, 7) is 1.96. The molecule has 0 amide bonds. The highest BCUT2D eigenvalue weighted by atomic mass is 35.5. The topological polar surface area (TPSA) is 55.1 Å². The fourth-order valence-electron chi connectivity index (χ4n) is 2.14. The molecule has 20 heavy (non-hydrogen) atoms. The molecule has 0 saturated carbocycles. The van der Waals surface area contributed by atoms with Crippen LogP contribution in [-0.4, -0.2) is 20.6 Å². The van der Waals surface area contributed by atoms with Crippen LogP contribution in [0.1, 0.15) is 15.9 Å². The molecule has 100 valence electrons. The largest absolute Gasteiger partial charge is 0.478 e. The van der Waals surface area contributed by atoms with Gasteiger partial charge in [0, 0.05) is 0 Å². The average Bonchev–Trinajstić information content (AvgIpc) is 2.81. The fraction of sp³-hybridized carbons (Fsp3) is 0.0667. The summed E-state index contributed by atoms with van der Waals surface area (Å²) in [6, 6.07) is 10.5. The standard InChI is InChI=1S/C15H11ClN2O2/c1-9-2-5-13(11(16)6-9)18-8-17-12-4-3-10(15(19)20)7-14(12)18/h2-8H,1H3,(H,19,20). The Morgan fingerprint density at radius 3 is 2.75 bits per heavy atom. The number of aromatic nitrogens is 2. The number of carboxylic acids is 1. The zero-order chi connectivity index (χ0) is 14.3. The predicted octanol–water partition coefficient (Wildman–Crippen LogP) is 3.69. The van der Waals surface area contributed by atoms with Gasteiger partial charge in [0.1, 0.15) is 6.33 Å². The zero-order valence-corrected chi connectivity index (χ0v) is 11.4. The van der Waals surface area contributed by atoms with E-state index < -0.39 is 5.97 Å². The minimum absolute atomic E-state index is 0.225. The van der Waals surface area contributed by atoms with Crippen LogP contribution in [0.4, 0.5) is 0 Å². The van der Waals surface area contributed by atoms with E-state index in [2.05, 4.69) is 4.98 Å². The normalized spacial score (nSPS) is 10.9. The Morgan fingerprint density at radius 1 is 1.25 bits per heavy atom. The maximum atomic E-state index is 11.1. The number of benzene rings is 2. The van der Waals surface area contributed by atoms with Gasteiger partial charge in [-0.1, -0.05) is 17.7 Å². The van der Waals surface area contributed by atoms with Gasteiger partial charge in [-0.15, -0.1) is 0 Å². The Kier molecular flexibility index (Phi) is 2.95. The summed E-state index contributed by atoms with van der Waals surface area (Å²) in [5.41, 5.74) is 3.52. The van der Waals surface area contributed by atoms with Crippen molar-refractivity contribution in [3.8, 4) is 5.69 Å². The molecule has 0 bridgehead atoms. The summed E-state index contributed by atoms with van der Waals surface area (Å²) in [7, 11) is 0. The van der Waals surface area contributed by atoms with Gasteiger partial charge in [0.25, 0.3) is 0 Å². The van der Waals surface area contributed by atoms with Crippen LogP contribution in [0.3, 0.4) is 0 Å². The van der Waals surface area contributed by atoms with E-state index in [0.717, 1.165) is 22.3 Å². The molecule has 4 nitrogen and oxygen atoms in total. The van der Waals surface area contributed by atoms with Crippen molar-refractivity contribution < 1.29 is 9.90 Å². The van der Waals surface area contributed by atoms with Crippen LogP contribution in [0.2, 0.25) is 5.02 Å². The summed E-state index contributed by atoms with van der Waals surface area (Å²) in [5, 5.41) is 9.68. The Morgan fingerprint density at radius 2 is 2.05 bits per heavy atom. The van der Waals surface area contributed by atoms with Crippen LogP contribution < -0.4 is 0 Å². The van der Waals surface area contributed by atoms with E-state index in [-0.39, 0.29) is 5.56 Å². The highest BCUT2D eigenvalue weighted by Crippen LogP contribution is 2.26. The quantitative estimate of drug-likeness (QED) is 0.782. The van der Waals surface area contributed by atoms with Gasteiger partial charge in [0.15, 0.2) is 0 Å². The van der Waals surface area contributed by atoms with Crippen LogP contribution >= 0.6 is 11.6 Å². The van der Waals surface area contributed by atoms with Crippen LogP contribution in [0, 0.1) is 6.92 Å². The third-order valence-corrected chi connectivity index (χ3v) is 3.46. The second kappa shape index (κ2) is 4.65. The molecular weight excluding hydrogens is 276 g/mol. The molecule has 0 radical (unpaired) electrons. The van der Waals surface area contributed by atoms with Crippen molar-refractivity contribution >= 4 is 28.6 Å². The van der Waals surface area contributed by atoms with Crippen molar-refractivity contribution in [2.75, 3.05) is 0 Å². The number of carbonyl (C=O) groups is 1. The smallest absolute Gasteiger partial charge is 0.335 e. The average molecular weight is 287 g/mol. The molecule has 0 spiro atoms. The molecule has 0 aliphatic heterocycles. The molecule has 1 aromatic heterocycles. The number of hydrogen-bond donors (Lipinski definition) is 1. The second-order valence-electron chi connectivity index (χ2n) is 4.58. The van der Waals surface area contributed by atoms with Crippen molar-refractivity contribution in [1.82, 2.24) is 9.55 Å².